The van der Waals surface area contributed by atoms with Crippen LogP contribution in [0.5, 0.6) is 0 Å². The van der Waals surface area contributed by atoms with Crippen molar-refractivity contribution in [1.82, 2.24) is 20.2 Å². The second kappa shape index (κ2) is 8.80. The van der Waals surface area contributed by atoms with E-state index in [0.717, 1.165) is 18.8 Å². The Labute approximate surface area is 170 Å². The molecule has 1 fully saturated rings. The molecule has 1 N–H and O–H groups in total. The molecule has 0 spiro atoms. The number of amides is 1. The first-order chi connectivity index (χ1) is 14.2. The highest BCUT2D eigenvalue weighted by atomic mass is 32.1. The minimum Gasteiger partial charge on any atom is -0.451 e. The molecule has 1 aromatic carbocycles. The van der Waals surface area contributed by atoms with Gasteiger partial charge in [0.05, 0.1) is 18.9 Å². The first-order valence-corrected chi connectivity index (χ1v) is 9.79. The Balaban J connectivity index is 1.30. The van der Waals surface area contributed by atoms with E-state index in [2.05, 4.69) is 25.7 Å². The maximum atomic E-state index is 12.3. The van der Waals surface area contributed by atoms with Gasteiger partial charge in [-0.2, -0.15) is 4.68 Å². The van der Waals surface area contributed by atoms with E-state index in [9.17, 15) is 9.59 Å². The van der Waals surface area contributed by atoms with Crippen LogP contribution in [0.15, 0.2) is 42.0 Å². The number of nitrogens with one attached hydrogen (secondary N) is 1. The van der Waals surface area contributed by atoms with Gasteiger partial charge in [0.25, 0.3) is 5.91 Å². The van der Waals surface area contributed by atoms with Crippen molar-refractivity contribution in [2.24, 2.45) is 0 Å². The molecular weight excluding hydrogens is 396 g/mol. The lowest BCUT2D eigenvalue weighted by Crippen LogP contribution is -2.36. The number of tetrazole rings is 1. The molecule has 0 saturated carbocycles. The fraction of sp³-hybridized carbons (Fsp3) is 0.278. The smallest absolute Gasteiger partial charge is 0.351 e. The van der Waals surface area contributed by atoms with Crippen molar-refractivity contribution in [1.29, 1.82) is 0 Å². The van der Waals surface area contributed by atoms with Crippen molar-refractivity contribution in [2.45, 2.75) is 0 Å². The maximum Gasteiger partial charge on any atom is 0.351 e. The predicted molar refractivity (Wildman–Crippen MR) is 105 cm³/mol. The largest absolute Gasteiger partial charge is 0.451 e. The number of nitrogens with zero attached hydrogens (tertiary/aromatic N) is 5. The molecule has 3 heterocycles. The predicted octanol–water partition coefficient (Wildman–Crippen LogP) is 1.36. The normalized spacial score (nSPS) is 13.9. The standard InChI is InChI=1S/C18H18N6O4S/c25-16(20-13-1-3-14(4-2-13)23-6-8-27-9-7-23)11-28-18(26)17-15(5-10-29-17)24-12-19-21-22-24/h1-5,10,12H,6-9,11H2,(H,20,25). The molecule has 2 aromatic heterocycles. The number of benzene rings is 1. The fourth-order valence-corrected chi connectivity index (χ4v) is 3.65. The third-order valence-electron chi connectivity index (χ3n) is 4.29. The van der Waals surface area contributed by atoms with Gasteiger partial charge in [-0.25, -0.2) is 4.79 Å². The molecule has 0 atom stereocenters. The molecule has 4 rings (SSSR count). The molecule has 0 aliphatic carbocycles. The van der Waals surface area contributed by atoms with E-state index in [-0.39, 0.29) is 0 Å². The Morgan fingerprint density at radius 1 is 1.17 bits per heavy atom. The van der Waals surface area contributed by atoms with E-state index < -0.39 is 18.5 Å². The van der Waals surface area contributed by atoms with Gasteiger partial charge in [0.2, 0.25) is 0 Å². The highest BCUT2D eigenvalue weighted by molar-refractivity contribution is 7.12. The summed E-state index contributed by atoms with van der Waals surface area (Å²) >= 11 is 1.19. The topological polar surface area (TPSA) is 111 Å². The Hall–Kier alpha value is -3.31. The zero-order valence-corrected chi connectivity index (χ0v) is 16.2. The summed E-state index contributed by atoms with van der Waals surface area (Å²) in [7, 11) is 0. The van der Waals surface area contributed by atoms with Gasteiger partial charge in [0.1, 0.15) is 11.2 Å². The lowest BCUT2D eigenvalue weighted by atomic mass is 10.2. The van der Waals surface area contributed by atoms with Crippen molar-refractivity contribution >= 4 is 34.6 Å². The van der Waals surface area contributed by atoms with E-state index in [1.54, 1.807) is 11.4 Å². The molecule has 1 amide bonds. The SMILES string of the molecule is O=C(COC(=O)c1sccc1-n1cnnn1)Nc1ccc(N2CCOCC2)cc1. The lowest BCUT2D eigenvalue weighted by molar-refractivity contribution is -0.119. The number of hydrogen-bond acceptors (Lipinski definition) is 9. The molecule has 1 aliphatic heterocycles. The number of thiophene rings is 1. The van der Waals surface area contributed by atoms with E-state index >= 15 is 0 Å². The van der Waals surface area contributed by atoms with Gasteiger partial charge in [-0.1, -0.05) is 0 Å². The minimum atomic E-state index is -0.608. The second-order valence-electron chi connectivity index (χ2n) is 6.16. The summed E-state index contributed by atoms with van der Waals surface area (Å²) in [6.07, 6.45) is 1.38. The van der Waals surface area contributed by atoms with Crippen molar-refractivity contribution in [2.75, 3.05) is 43.1 Å². The molecule has 3 aromatic rings. The third-order valence-corrected chi connectivity index (χ3v) is 5.17. The number of hydrogen-bond donors (Lipinski definition) is 1. The quantitative estimate of drug-likeness (QED) is 0.602. The Bertz CT molecular complexity index is 967. The van der Waals surface area contributed by atoms with Crippen LogP contribution in [0.2, 0.25) is 0 Å². The van der Waals surface area contributed by atoms with Crippen LogP contribution in [0.25, 0.3) is 5.69 Å². The number of morpholine rings is 1. The molecule has 0 bridgehead atoms. The highest BCUT2D eigenvalue weighted by Gasteiger charge is 2.18. The average Bonchev–Trinajstić information content (AvgIpc) is 3.45. The number of aromatic nitrogens is 4. The Morgan fingerprint density at radius 3 is 2.69 bits per heavy atom. The minimum absolute atomic E-state index is 0.319. The van der Waals surface area contributed by atoms with Crippen LogP contribution >= 0.6 is 11.3 Å². The summed E-state index contributed by atoms with van der Waals surface area (Å²) in [4.78, 5) is 27.0. The monoisotopic (exact) mass is 414 g/mol. The van der Waals surface area contributed by atoms with Crippen LogP contribution in [-0.2, 0) is 14.3 Å². The summed E-state index contributed by atoms with van der Waals surface area (Å²) in [6, 6.07) is 9.22. The van der Waals surface area contributed by atoms with Gasteiger partial charge in [0.15, 0.2) is 6.61 Å². The summed E-state index contributed by atoms with van der Waals surface area (Å²) in [5, 5.41) is 15.3. The molecule has 1 aliphatic rings. The van der Waals surface area contributed by atoms with Crippen LogP contribution in [0.4, 0.5) is 11.4 Å². The van der Waals surface area contributed by atoms with Crippen LogP contribution in [0.1, 0.15) is 9.67 Å². The summed E-state index contributed by atoms with van der Waals surface area (Å²) in [5.74, 6) is -1.03. The van der Waals surface area contributed by atoms with Crippen LogP contribution < -0.4 is 10.2 Å². The van der Waals surface area contributed by atoms with Crippen molar-refractivity contribution in [3.8, 4) is 5.69 Å². The molecule has 1 saturated heterocycles. The summed E-state index contributed by atoms with van der Waals surface area (Å²) in [6.45, 7) is 2.72. The van der Waals surface area contributed by atoms with Gasteiger partial charge in [-0.05, 0) is 46.1 Å². The molecule has 29 heavy (non-hydrogen) atoms. The first kappa shape index (κ1) is 19.0. The second-order valence-corrected chi connectivity index (χ2v) is 7.08. The van der Waals surface area contributed by atoms with Gasteiger partial charge in [-0.15, -0.1) is 16.4 Å². The average molecular weight is 414 g/mol. The number of carbonyl (C=O) groups is 2. The number of anilines is 2. The molecule has 0 radical (unpaired) electrons. The van der Waals surface area contributed by atoms with Gasteiger partial charge < -0.3 is 19.7 Å². The molecule has 150 valence electrons. The highest BCUT2D eigenvalue weighted by Crippen LogP contribution is 2.21. The van der Waals surface area contributed by atoms with Gasteiger partial charge >= 0.3 is 5.97 Å². The van der Waals surface area contributed by atoms with Crippen LogP contribution in [0, 0.1) is 0 Å². The number of ether oxygens (including phenoxy) is 2. The Morgan fingerprint density at radius 2 is 1.97 bits per heavy atom. The molecule has 11 heteroatoms. The van der Waals surface area contributed by atoms with Crippen LogP contribution in [0.3, 0.4) is 0 Å². The number of rotatable bonds is 6. The van der Waals surface area contributed by atoms with Gasteiger partial charge in [-0.3, -0.25) is 4.79 Å². The zero-order chi connectivity index (χ0) is 20.1. The summed E-state index contributed by atoms with van der Waals surface area (Å²) < 4.78 is 11.8. The molecule has 0 unspecified atom stereocenters. The number of esters is 1. The summed E-state index contributed by atoms with van der Waals surface area (Å²) in [5.41, 5.74) is 2.21. The van der Waals surface area contributed by atoms with E-state index in [0.29, 0.717) is 29.5 Å². The van der Waals surface area contributed by atoms with E-state index in [1.165, 1.54) is 22.3 Å². The van der Waals surface area contributed by atoms with Crippen LogP contribution in [-0.4, -0.2) is 65.0 Å². The molecule has 10 nitrogen and oxygen atoms in total. The Kier molecular flexibility index (Phi) is 5.77. The molecular formula is C18H18N6O4S. The van der Waals surface area contributed by atoms with Crippen molar-refractivity contribution < 1.29 is 19.1 Å². The lowest BCUT2D eigenvalue weighted by Gasteiger charge is -2.28. The fourth-order valence-electron chi connectivity index (χ4n) is 2.88. The van der Waals surface area contributed by atoms with E-state index in [1.807, 2.05) is 24.3 Å². The maximum absolute atomic E-state index is 12.3. The van der Waals surface area contributed by atoms with Gasteiger partial charge in [0, 0.05) is 24.5 Å². The first-order valence-electron chi connectivity index (χ1n) is 8.91. The van der Waals surface area contributed by atoms with Crippen molar-refractivity contribution in [3.05, 3.63) is 46.9 Å². The van der Waals surface area contributed by atoms with Crippen molar-refractivity contribution in [3.63, 3.8) is 0 Å². The number of carbonyl (C=O) groups excluding carboxylic acids is 2. The zero-order valence-electron chi connectivity index (χ0n) is 15.4. The van der Waals surface area contributed by atoms with E-state index in [4.69, 9.17) is 9.47 Å². The third kappa shape index (κ3) is 4.58.